The van der Waals surface area contributed by atoms with Crippen LogP contribution >= 0.6 is 0 Å². The van der Waals surface area contributed by atoms with Crippen LogP contribution in [0.25, 0.3) is 0 Å². The molecule has 0 spiro atoms. The van der Waals surface area contributed by atoms with Crippen LogP contribution in [0, 0.1) is 32.1 Å². The van der Waals surface area contributed by atoms with Crippen molar-refractivity contribution < 1.29 is 75.4 Å². The van der Waals surface area contributed by atoms with E-state index < -0.39 is 41.2 Å². The molecule has 7 rings (SSSR count). The smallest absolute Gasteiger partial charge is 0.426 e. The zero-order valence-corrected chi connectivity index (χ0v) is 68.7. The van der Waals surface area contributed by atoms with E-state index in [2.05, 4.69) is 316 Å². The molecule has 6 aromatic rings. The Balaban J connectivity index is 0.00000123. The Hall–Kier alpha value is -1.92. The van der Waals surface area contributed by atoms with Gasteiger partial charge in [0.25, 0.3) is 0 Å². The van der Waals surface area contributed by atoms with Gasteiger partial charge in [-0.05, 0) is 71.1 Å². The SMILES string of the molecule is CCCCC[C-](c1ccccc1)c1ccc(CCC[Si](C)(C)N(CC)CC)cc1.CCCCC[C-](c1ccccc1)c1ccc([Si](C)(C)N(CC)CC)cc1.Cc1ccc([CH-]c2ccc(N([Si](C)(C)C)[Si](C)(C)C)cc2)cc1.[CH2-]CCN1CCC[Si]1(C)C.[Li+].[Li+].[Li+].[Li+]. The van der Waals surface area contributed by atoms with E-state index >= 15 is 0 Å². The molecule has 1 aliphatic rings. The minimum atomic E-state index is -1.55. The summed E-state index contributed by atoms with van der Waals surface area (Å²) >= 11 is 0. The second-order valence-electron chi connectivity index (χ2n) is 28.5. The van der Waals surface area contributed by atoms with E-state index in [-0.39, 0.29) is 75.4 Å². The van der Waals surface area contributed by atoms with E-state index in [9.17, 15) is 0 Å². The monoisotopic (exact) mass is 1300 g/mol. The first-order valence-electron chi connectivity index (χ1n) is 34.7. The van der Waals surface area contributed by atoms with E-state index in [1.54, 1.807) is 0 Å². The summed E-state index contributed by atoms with van der Waals surface area (Å²) in [4.78, 5) is 0. The van der Waals surface area contributed by atoms with Crippen LogP contribution in [0.1, 0.15) is 157 Å². The number of anilines is 1. The van der Waals surface area contributed by atoms with Crippen LogP contribution < -0.4 is 84.9 Å². The molecule has 4 nitrogen and oxygen atoms in total. The standard InChI is InChI=1S/C27H42NSi.C24H36NSi.C20H30NSi2.C8H18NSi.4Li/c1-6-9-11-18-27(25-16-12-10-13-17-25)26-21-19-24(20-22-26)15-14-23-29(4,5)28(7-2)8-3;1-6-9-11-16-24(21-14-12-10-13-15-21)22-17-19-23(20-18-22)26(4,5)25(7-2)8-3;1-17-8-10-18(11-9-17)16-19-12-14-20(15-13-19)21(22(2,3)4)23(5,6)7;1-4-6-9-7-5-8-10(9,2)3;;;;/h10,12-13,16-17,19-22H,6-9,11,14-15,18,23H2,1-5H3;10,12-15,17-20H,6-9,11,16H2,1-5H3;8-16H,1-7H3;1,4-8H2,2-3H3;;;;/q4*-1;4*+1. The Bertz CT molecular complexity index is 2770. The van der Waals surface area contributed by atoms with E-state index in [1.807, 2.05) is 0 Å². The number of benzene rings is 6. The molecule has 1 heterocycles. The first-order valence-corrected chi connectivity index (χ1v) is 50.8. The molecule has 6 aromatic carbocycles. The summed E-state index contributed by atoms with van der Waals surface area (Å²) in [6.45, 7) is 56.6. The van der Waals surface area contributed by atoms with Crippen LogP contribution in [-0.2, 0) is 6.42 Å². The van der Waals surface area contributed by atoms with Crippen molar-refractivity contribution in [3.8, 4) is 0 Å². The second-order valence-corrected chi connectivity index (χ2v) is 52.4. The minimum Gasteiger partial charge on any atom is -0.426 e. The minimum absolute atomic E-state index is 0. The van der Waals surface area contributed by atoms with Gasteiger partial charge in [0, 0.05) is 5.69 Å². The fourth-order valence-electron chi connectivity index (χ4n) is 13.5. The number of unbranched alkanes of at least 4 members (excludes halogenated alkanes) is 4. The maximum absolute atomic E-state index is 3.90. The van der Waals surface area contributed by atoms with Gasteiger partial charge in [-0.15, -0.1) is 124 Å². The van der Waals surface area contributed by atoms with Gasteiger partial charge < -0.3 is 24.9 Å². The van der Waals surface area contributed by atoms with Crippen LogP contribution in [0.2, 0.25) is 90.7 Å². The Kier molecular flexibility index (Phi) is 44.7. The predicted octanol–water partition coefficient (Wildman–Crippen LogP) is 9.92. The van der Waals surface area contributed by atoms with Gasteiger partial charge in [-0.2, -0.15) is 6.42 Å². The fraction of sp³-hybridized carbons (Fsp3) is 0.494. The first kappa shape index (κ1) is 90.1. The summed E-state index contributed by atoms with van der Waals surface area (Å²) in [5.74, 6) is 2.99. The Morgan fingerprint density at radius 1 is 0.500 bits per heavy atom. The molecule has 1 fully saturated rings. The molecule has 13 heteroatoms. The molecule has 486 valence electrons. The summed E-state index contributed by atoms with van der Waals surface area (Å²) in [5, 5.41) is 1.53. The Morgan fingerprint density at radius 3 is 1.29 bits per heavy atom. The van der Waals surface area contributed by atoms with E-state index in [0.29, 0.717) is 0 Å². The largest absolute Gasteiger partial charge is 1.00 e. The van der Waals surface area contributed by atoms with Crippen molar-refractivity contribution in [2.24, 2.45) is 0 Å². The van der Waals surface area contributed by atoms with Gasteiger partial charge >= 0.3 is 75.4 Å². The summed E-state index contributed by atoms with van der Waals surface area (Å²) < 4.78 is 10.8. The Labute approximate surface area is 622 Å². The number of nitrogens with zero attached hydrogens (tertiary/aromatic N) is 4. The fourth-order valence-corrected chi connectivity index (χ4v) is 32.3. The van der Waals surface area contributed by atoms with Crippen LogP contribution in [-0.4, -0.2) is 94.1 Å². The van der Waals surface area contributed by atoms with E-state index in [1.165, 1.54) is 170 Å². The zero-order valence-electron chi connectivity index (χ0n) is 63.7. The van der Waals surface area contributed by atoms with Gasteiger partial charge in [-0.3, -0.25) is 0 Å². The molecular formula is C79H126Li4N4Si5. The topological polar surface area (TPSA) is 13.0 Å². The third kappa shape index (κ3) is 30.1. The third-order valence-electron chi connectivity index (χ3n) is 18.4. The molecular weight excluding hydrogens is 1170 g/mol. The van der Waals surface area contributed by atoms with Crippen LogP contribution in [0.3, 0.4) is 0 Å². The zero-order chi connectivity index (χ0) is 65.0. The van der Waals surface area contributed by atoms with Crippen LogP contribution in [0.15, 0.2) is 158 Å². The van der Waals surface area contributed by atoms with Crippen molar-refractivity contribution >= 4 is 52.1 Å². The summed E-state index contributed by atoms with van der Waals surface area (Å²) in [6, 6.07) is 61.5. The van der Waals surface area contributed by atoms with Gasteiger partial charge in [0.05, 0.1) is 0 Å². The molecule has 0 atom stereocenters. The van der Waals surface area contributed by atoms with Crippen molar-refractivity contribution in [2.45, 2.75) is 216 Å². The van der Waals surface area contributed by atoms with Crippen molar-refractivity contribution in [3.05, 3.63) is 227 Å². The van der Waals surface area contributed by atoms with Crippen molar-refractivity contribution in [3.63, 3.8) is 0 Å². The third-order valence-corrected chi connectivity index (χ3v) is 37.2. The average Bonchev–Trinajstić information content (AvgIpc) is 1.14. The quantitative estimate of drug-likeness (QED) is 0.0253. The molecule has 0 bridgehead atoms. The number of aryl methyl sites for hydroxylation is 2. The molecule has 0 amide bonds. The number of rotatable bonds is 30. The normalized spacial score (nSPS) is 12.8. The number of hydrogen-bond donors (Lipinski definition) is 0. The molecule has 0 aromatic heterocycles. The van der Waals surface area contributed by atoms with Crippen molar-refractivity contribution in [1.29, 1.82) is 0 Å². The van der Waals surface area contributed by atoms with Gasteiger partial charge in [-0.25, -0.2) is 0 Å². The molecule has 0 saturated carbocycles. The molecule has 0 N–H and O–H groups in total. The van der Waals surface area contributed by atoms with Gasteiger partial charge in [0.2, 0.25) is 0 Å². The van der Waals surface area contributed by atoms with Gasteiger partial charge in [0.15, 0.2) is 8.24 Å². The molecule has 92 heavy (non-hydrogen) atoms. The van der Waals surface area contributed by atoms with Crippen molar-refractivity contribution in [1.82, 2.24) is 13.7 Å². The maximum Gasteiger partial charge on any atom is 1.00 e. The average molecular weight is 1300 g/mol. The predicted molar refractivity (Wildman–Crippen MR) is 408 cm³/mol. The molecule has 0 unspecified atom stereocenters. The summed E-state index contributed by atoms with van der Waals surface area (Å²) in [5.41, 5.74) is 12.2. The first-order chi connectivity index (χ1) is 41.8. The maximum atomic E-state index is 3.90. The van der Waals surface area contributed by atoms with E-state index in [4.69, 9.17) is 0 Å². The number of hydrogen-bond acceptors (Lipinski definition) is 4. The molecule has 0 radical (unpaired) electrons. The van der Waals surface area contributed by atoms with Crippen LogP contribution in [0.5, 0.6) is 0 Å². The molecule has 1 aliphatic heterocycles. The van der Waals surface area contributed by atoms with E-state index in [0.717, 1.165) is 25.9 Å². The molecule has 0 aliphatic carbocycles. The van der Waals surface area contributed by atoms with Crippen LogP contribution in [0.4, 0.5) is 5.69 Å². The van der Waals surface area contributed by atoms with Gasteiger partial charge in [-0.1, -0.05) is 279 Å². The molecule has 1 saturated heterocycles. The summed E-state index contributed by atoms with van der Waals surface area (Å²) in [6.07, 6.45) is 17.3. The second kappa shape index (κ2) is 45.6. The van der Waals surface area contributed by atoms with Gasteiger partial charge in [0.1, 0.15) is 32.9 Å². The Morgan fingerprint density at radius 2 is 0.913 bits per heavy atom. The van der Waals surface area contributed by atoms with Crippen molar-refractivity contribution in [2.75, 3.05) is 43.5 Å². The summed E-state index contributed by atoms with van der Waals surface area (Å²) in [7, 11) is -6.45.